The zero-order chi connectivity index (χ0) is 23.8. The number of nitrogens with one attached hydrogen (secondary N) is 1. The van der Waals surface area contributed by atoms with Crippen LogP contribution in [0.15, 0.2) is 42.5 Å². The summed E-state index contributed by atoms with van der Waals surface area (Å²) in [6.07, 6.45) is 5.13. The van der Waals surface area contributed by atoms with Crippen LogP contribution in [0.2, 0.25) is 0 Å². The van der Waals surface area contributed by atoms with Gasteiger partial charge in [-0.25, -0.2) is 4.39 Å². The second-order valence-corrected chi connectivity index (χ2v) is 9.09. The number of hydrogen-bond acceptors (Lipinski definition) is 5. The van der Waals surface area contributed by atoms with Crippen molar-refractivity contribution in [2.45, 2.75) is 51.0 Å². The van der Waals surface area contributed by atoms with E-state index in [4.69, 9.17) is 9.47 Å². The van der Waals surface area contributed by atoms with Crippen molar-refractivity contribution in [3.05, 3.63) is 59.4 Å². The number of unbranched alkanes of at least 4 members (excludes halogenated alkanes) is 1. The molecule has 0 saturated carbocycles. The number of amides is 1. The summed E-state index contributed by atoms with van der Waals surface area (Å²) in [5.41, 5.74) is 1.62. The molecule has 2 heterocycles. The summed E-state index contributed by atoms with van der Waals surface area (Å²) < 4.78 is 24.4. The van der Waals surface area contributed by atoms with E-state index in [2.05, 4.69) is 10.2 Å². The van der Waals surface area contributed by atoms with Crippen LogP contribution in [0.3, 0.4) is 0 Å². The molecule has 7 heteroatoms. The Balaban J connectivity index is 1.26. The van der Waals surface area contributed by atoms with Gasteiger partial charge in [0.25, 0.3) is 0 Å². The van der Waals surface area contributed by atoms with Crippen LogP contribution in [0.4, 0.5) is 4.39 Å². The quantitative estimate of drug-likeness (QED) is 0.396. The van der Waals surface area contributed by atoms with Crippen LogP contribution < -0.4 is 14.8 Å². The number of ether oxygens (including phenoxy) is 2. The Bertz CT molecular complexity index is 973. The predicted molar refractivity (Wildman–Crippen MR) is 128 cm³/mol. The lowest BCUT2D eigenvalue weighted by molar-refractivity contribution is -0.122. The Morgan fingerprint density at radius 3 is 2.41 bits per heavy atom. The smallest absolute Gasteiger partial charge is 0.220 e. The standard InChI is InChI=1S/C27H33FN2O4/c28-22-10-8-21(9-11-22)24(31)5-1-2-6-27(32)29-23(19-30-13-3-4-14-30)17-20-7-12-25-26(18-20)34-16-15-33-25/h7-12,18,23H,1-6,13-17,19H2,(H,29,32). The van der Waals surface area contributed by atoms with Crippen LogP contribution in [0.25, 0.3) is 0 Å². The molecule has 1 atom stereocenters. The molecule has 1 N–H and O–H groups in total. The molecule has 2 aliphatic heterocycles. The fraction of sp³-hybridized carbons (Fsp3) is 0.481. The number of halogens is 1. The number of Topliss-reactive ketones (excluding diaryl/α,β-unsaturated/α-hetero) is 1. The van der Waals surface area contributed by atoms with Crippen molar-refractivity contribution in [2.75, 3.05) is 32.8 Å². The number of ketones is 1. The molecule has 34 heavy (non-hydrogen) atoms. The molecule has 1 amide bonds. The van der Waals surface area contributed by atoms with Crippen molar-refractivity contribution in [3.63, 3.8) is 0 Å². The van der Waals surface area contributed by atoms with Gasteiger partial charge in [0, 0.05) is 31.0 Å². The van der Waals surface area contributed by atoms with E-state index in [1.165, 1.54) is 37.1 Å². The maximum Gasteiger partial charge on any atom is 0.220 e. The lowest BCUT2D eigenvalue weighted by Crippen LogP contribution is -2.44. The van der Waals surface area contributed by atoms with Gasteiger partial charge in [-0.1, -0.05) is 6.07 Å². The first-order valence-corrected chi connectivity index (χ1v) is 12.3. The lowest BCUT2D eigenvalue weighted by Gasteiger charge is -2.25. The molecule has 2 aromatic rings. The van der Waals surface area contributed by atoms with E-state index in [0.717, 1.165) is 43.1 Å². The van der Waals surface area contributed by atoms with Gasteiger partial charge in [0.05, 0.1) is 0 Å². The summed E-state index contributed by atoms with van der Waals surface area (Å²) >= 11 is 0. The van der Waals surface area contributed by atoms with Gasteiger partial charge in [0.1, 0.15) is 19.0 Å². The molecule has 1 saturated heterocycles. The molecular weight excluding hydrogens is 435 g/mol. The molecule has 182 valence electrons. The van der Waals surface area contributed by atoms with Crippen LogP contribution in [0, 0.1) is 5.82 Å². The SMILES string of the molecule is O=C(CCCCC(=O)c1ccc(F)cc1)NC(Cc1ccc2c(c1)OCCO2)CN1CCCC1. The van der Waals surface area contributed by atoms with E-state index in [1.54, 1.807) is 0 Å². The van der Waals surface area contributed by atoms with E-state index in [0.29, 0.717) is 44.5 Å². The number of likely N-dealkylation sites (tertiary alicyclic amines) is 1. The number of nitrogens with zero attached hydrogens (tertiary/aromatic N) is 1. The van der Waals surface area contributed by atoms with E-state index >= 15 is 0 Å². The molecule has 0 radical (unpaired) electrons. The van der Waals surface area contributed by atoms with Crippen molar-refractivity contribution in [1.82, 2.24) is 10.2 Å². The van der Waals surface area contributed by atoms with Crippen LogP contribution in [-0.4, -0.2) is 55.5 Å². The topological polar surface area (TPSA) is 67.9 Å². The van der Waals surface area contributed by atoms with Crippen LogP contribution in [0.5, 0.6) is 11.5 Å². The fourth-order valence-electron chi connectivity index (χ4n) is 4.59. The monoisotopic (exact) mass is 468 g/mol. The van der Waals surface area contributed by atoms with Gasteiger partial charge in [-0.05, 0) is 87.2 Å². The fourth-order valence-corrected chi connectivity index (χ4v) is 4.59. The third-order valence-corrected chi connectivity index (χ3v) is 6.35. The second kappa shape index (κ2) is 12.0. The molecule has 4 rings (SSSR count). The highest BCUT2D eigenvalue weighted by atomic mass is 19.1. The Hall–Kier alpha value is -2.93. The average molecular weight is 469 g/mol. The van der Waals surface area contributed by atoms with Crippen LogP contribution >= 0.6 is 0 Å². The van der Waals surface area contributed by atoms with Crippen LogP contribution in [-0.2, 0) is 11.2 Å². The Kier molecular flexibility index (Phi) is 8.52. The average Bonchev–Trinajstić information content (AvgIpc) is 3.35. The summed E-state index contributed by atoms with van der Waals surface area (Å²) in [5, 5.41) is 3.22. The van der Waals surface area contributed by atoms with E-state index in [9.17, 15) is 14.0 Å². The van der Waals surface area contributed by atoms with Gasteiger partial charge in [-0.2, -0.15) is 0 Å². The highest BCUT2D eigenvalue weighted by molar-refractivity contribution is 5.95. The van der Waals surface area contributed by atoms with Gasteiger partial charge in [-0.3, -0.25) is 9.59 Å². The number of rotatable bonds is 11. The van der Waals surface area contributed by atoms with Crippen LogP contribution in [0.1, 0.15) is 54.4 Å². The third kappa shape index (κ3) is 7.03. The minimum Gasteiger partial charge on any atom is -0.486 e. The molecule has 1 unspecified atom stereocenters. The summed E-state index contributed by atoms with van der Waals surface area (Å²) in [5.74, 6) is 1.17. The summed E-state index contributed by atoms with van der Waals surface area (Å²) in [6, 6.07) is 11.6. The lowest BCUT2D eigenvalue weighted by atomic mass is 10.0. The zero-order valence-electron chi connectivity index (χ0n) is 19.6. The summed E-state index contributed by atoms with van der Waals surface area (Å²) in [7, 11) is 0. The van der Waals surface area contributed by atoms with Crippen molar-refractivity contribution < 1.29 is 23.5 Å². The minimum atomic E-state index is -0.354. The first kappa shape index (κ1) is 24.2. The normalized spacial score (nSPS) is 16.3. The number of hydrogen-bond donors (Lipinski definition) is 1. The van der Waals surface area contributed by atoms with Crippen molar-refractivity contribution in [3.8, 4) is 11.5 Å². The minimum absolute atomic E-state index is 0.00834. The Morgan fingerprint density at radius 1 is 0.941 bits per heavy atom. The number of carbonyl (C=O) groups is 2. The van der Waals surface area contributed by atoms with Crippen molar-refractivity contribution >= 4 is 11.7 Å². The highest BCUT2D eigenvalue weighted by Crippen LogP contribution is 2.31. The second-order valence-electron chi connectivity index (χ2n) is 9.09. The van der Waals surface area contributed by atoms with E-state index < -0.39 is 0 Å². The molecule has 0 bridgehead atoms. The van der Waals surface area contributed by atoms with Crippen molar-refractivity contribution in [2.24, 2.45) is 0 Å². The van der Waals surface area contributed by atoms with E-state index in [1.807, 2.05) is 18.2 Å². The molecule has 0 aromatic heterocycles. The first-order chi connectivity index (χ1) is 16.6. The Labute approximate surface area is 200 Å². The molecule has 0 spiro atoms. The molecule has 1 fully saturated rings. The first-order valence-electron chi connectivity index (χ1n) is 12.3. The number of benzene rings is 2. The zero-order valence-corrected chi connectivity index (χ0v) is 19.6. The summed E-state index contributed by atoms with van der Waals surface area (Å²) in [4.78, 5) is 27.3. The largest absolute Gasteiger partial charge is 0.486 e. The van der Waals surface area contributed by atoms with Gasteiger partial charge in [0.2, 0.25) is 5.91 Å². The van der Waals surface area contributed by atoms with E-state index in [-0.39, 0.29) is 23.5 Å². The number of fused-ring (bicyclic) bond motifs is 1. The van der Waals surface area contributed by atoms with Crippen molar-refractivity contribution in [1.29, 1.82) is 0 Å². The Morgan fingerprint density at radius 2 is 1.65 bits per heavy atom. The molecule has 6 nitrogen and oxygen atoms in total. The van der Waals surface area contributed by atoms with Gasteiger partial charge in [0.15, 0.2) is 17.3 Å². The highest BCUT2D eigenvalue weighted by Gasteiger charge is 2.21. The maximum absolute atomic E-state index is 13.0. The molecule has 0 aliphatic carbocycles. The molecule has 2 aromatic carbocycles. The molecular formula is C27H33FN2O4. The molecule has 2 aliphatic rings. The predicted octanol–water partition coefficient (Wildman–Crippen LogP) is 4.16. The summed E-state index contributed by atoms with van der Waals surface area (Å²) in [6.45, 7) is 4.07. The van der Waals surface area contributed by atoms with Gasteiger partial charge < -0.3 is 19.7 Å². The van der Waals surface area contributed by atoms with Gasteiger partial charge in [-0.15, -0.1) is 0 Å². The third-order valence-electron chi connectivity index (χ3n) is 6.35. The maximum atomic E-state index is 13.0. The van der Waals surface area contributed by atoms with Gasteiger partial charge >= 0.3 is 0 Å². The number of carbonyl (C=O) groups excluding carboxylic acids is 2.